The zero-order valence-electron chi connectivity index (χ0n) is 19.7. The topological polar surface area (TPSA) is 109 Å². The van der Waals surface area contributed by atoms with Crippen LogP contribution in [0, 0.1) is 5.92 Å². The van der Waals surface area contributed by atoms with E-state index in [9.17, 15) is 18.0 Å². The van der Waals surface area contributed by atoms with Crippen LogP contribution in [0.2, 0.25) is 10.0 Å². The number of aromatic amines is 1. The lowest BCUT2D eigenvalue weighted by atomic mass is 9.96. The molecule has 1 aromatic heterocycles. The van der Waals surface area contributed by atoms with Crippen LogP contribution < -0.4 is 4.72 Å². The van der Waals surface area contributed by atoms with E-state index in [1.54, 1.807) is 23.1 Å². The van der Waals surface area contributed by atoms with Gasteiger partial charge < -0.3 is 14.6 Å². The van der Waals surface area contributed by atoms with Crippen LogP contribution in [0.15, 0.2) is 53.6 Å². The maximum atomic E-state index is 13.6. The van der Waals surface area contributed by atoms with Crippen LogP contribution >= 0.6 is 23.2 Å². The van der Waals surface area contributed by atoms with Gasteiger partial charge in [0.05, 0.1) is 22.9 Å². The first-order valence-electron chi connectivity index (χ1n) is 11.6. The van der Waals surface area contributed by atoms with Gasteiger partial charge in [0, 0.05) is 35.2 Å². The summed E-state index contributed by atoms with van der Waals surface area (Å²) in [6.07, 6.45) is 3.04. The van der Waals surface area contributed by atoms with E-state index < -0.39 is 16.1 Å². The summed E-state index contributed by atoms with van der Waals surface area (Å²) < 4.78 is 34.5. The van der Waals surface area contributed by atoms with Crippen molar-refractivity contribution in [1.82, 2.24) is 14.6 Å². The number of amides is 1. The fraction of sp³-hybridized carbons (Fsp3) is 0.360. The summed E-state index contributed by atoms with van der Waals surface area (Å²) in [4.78, 5) is 30.0. The molecular formula is C25H27Cl2N3O5S. The Morgan fingerprint density at radius 1 is 1.11 bits per heavy atom. The largest absolute Gasteiger partial charge is 0.469 e. The van der Waals surface area contributed by atoms with Gasteiger partial charge in [-0.2, -0.15) is 4.72 Å². The van der Waals surface area contributed by atoms with Crippen molar-refractivity contribution in [1.29, 1.82) is 0 Å². The maximum absolute atomic E-state index is 13.6. The van der Waals surface area contributed by atoms with E-state index in [1.807, 2.05) is 18.2 Å². The molecule has 1 fully saturated rings. The van der Waals surface area contributed by atoms with E-state index in [2.05, 4.69) is 9.71 Å². The van der Waals surface area contributed by atoms with Crippen molar-refractivity contribution in [3.05, 3.63) is 64.3 Å². The molecule has 1 aliphatic rings. The highest BCUT2D eigenvalue weighted by molar-refractivity contribution is 7.89. The second-order valence-electron chi connectivity index (χ2n) is 8.74. The van der Waals surface area contributed by atoms with E-state index in [4.69, 9.17) is 27.9 Å². The van der Waals surface area contributed by atoms with Gasteiger partial charge in [0.25, 0.3) is 0 Å². The molecule has 192 valence electrons. The van der Waals surface area contributed by atoms with Crippen LogP contribution in [0.5, 0.6) is 0 Å². The van der Waals surface area contributed by atoms with Gasteiger partial charge in [0.2, 0.25) is 15.9 Å². The van der Waals surface area contributed by atoms with Crippen molar-refractivity contribution in [2.45, 2.75) is 36.6 Å². The molecule has 1 saturated heterocycles. The van der Waals surface area contributed by atoms with Crippen molar-refractivity contribution in [2.75, 3.05) is 20.2 Å². The number of sulfonamides is 1. The molecule has 0 radical (unpaired) electrons. The van der Waals surface area contributed by atoms with Crippen molar-refractivity contribution >= 4 is 56.0 Å². The van der Waals surface area contributed by atoms with Crippen LogP contribution in [0.1, 0.15) is 24.8 Å². The number of halogens is 2. The van der Waals surface area contributed by atoms with Crippen LogP contribution in [0.3, 0.4) is 0 Å². The summed E-state index contributed by atoms with van der Waals surface area (Å²) in [5.41, 5.74) is 1.39. The molecule has 8 nitrogen and oxygen atoms in total. The lowest BCUT2D eigenvalue weighted by molar-refractivity contribution is -0.149. The first kappa shape index (κ1) is 26.5. The molecule has 0 aliphatic carbocycles. The smallest absolute Gasteiger partial charge is 0.308 e. The minimum atomic E-state index is -4.11. The number of hydrogen-bond donors (Lipinski definition) is 2. The Morgan fingerprint density at radius 3 is 2.53 bits per heavy atom. The molecule has 1 unspecified atom stereocenters. The highest BCUT2D eigenvalue weighted by Crippen LogP contribution is 2.30. The number of carbonyl (C=O) groups excluding carboxylic acids is 2. The van der Waals surface area contributed by atoms with Gasteiger partial charge in [0.15, 0.2) is 0 Å². The highest BCUT2D eigenvalue weighted by atomic mass is 35.5. The molecule has 1 atom stereocenters. The molecule has 3 aromatic rings. The Kier molecular flexibility index (Phi) is 8.24. The predicted octanol–water partition coefficient (Wildman–Crippen LogP) is 4.17. The normalized spacial score (nSPS) is 15.7. The van der Waals surface area contributed by atoms with E-state index >= 15 is 0 Å². The Labute approximate surface area is 220 Å². The van der Waals surface area contributed by atoms with Crippen molar-refractivity contribution < 1.29 is 22.7 Å². The average Bonchev–Trinajstić information content (AvgIpc) is 3.27. The number of fused-ring (bicyclic) bond motifs is 1. The summed E-state index contributed by atoms with van der Waals surface area (Å²) >= 11 is 12.6. The third kappa shape index (κ3) is 5.70. The van der Waals surface area contributed by atoms with E-state index in [1.165, 1.54) is 19.4 Å². The summed E-state index contributed by atoms with van der Waals surface area (Å²) in [5.74, 6) is -0.915. The molecule has 0 saturated carbocycles. The van der Waals surface area contributed by atoms with E-state index in [0.717, 1.165) is 5.56 Å². The first-order valence-corrected chi connectivity index (χ1v) is 13.8. The van der Waals surface area contributed by atoms with Crippen LogP contribution in [-0.2, 0) is 30.8 Å². The van der Waals surface area contributed by atoms with Crippen molar-refractivity contribution in [2.24, 2.45) is 5.92 Å². The molecule has 1 amide bonds. The zero-order chi connectivity index (χ0) is 25.9. The number of piperidine rings is 1. The Hall–Kier alpha value is -2.59. The molecular weight excluding hydrogens is 525 g/mol. The quantitative estimate of drug-likeness (QED) is 0.408. The number of hydrogen-bond acceptors (Lipinski definition) is 5. The maximum Gasteiger partial charge on any atom is 0.308 e. The van der Waals surface area contributed by atoms with Crippen LogP contribution in [-0.4, -0.2) is 56.4 Å². The Morgan fingerprint density at radius 2 is 1.83 bits per heavy atom. The highest BCUT2D eigenvalue weighted by Gasteiger charge is 2.34. The number of esters is 1. The minimum absolute atomic E-state index is 0.00815. The molecule has 2 heterocycles. The standard InChI is InChI=1S/C25H27Cl2N3O5S/c1-35-25(32)17-11-13-30(14-12-17)24(31)21(10-9-16-5-2-3-6-18(16)26)29-36(33,34)22-8-4-7-20-23(22)19(27)15-28-20/h2-8,15,17,21,28-29H,9-14H2,1H3. The van der Waals surface area contributed by atoms with Gasteiger partial charge in [-0.25, -0.2) is 8.42 Å². The number of aryl methyl sites for hydroxylation is 1. The monoisotopic (exact) mass is 551 g/mol. The van der Waals surface area contributed by atoms with Crippen LogP contribution in [0.25, 0.3) is 10.9 Å². The number of H-pyrrole nitrogens is 1. The predicted molar refractivity (Wildman–Crippen MR) is 139 cm³/mol. The van der Waals surface area contributed by atoms with Crippen molar-refractivity contribution in [3.8, 4) is 0 Å². The summed E-state index contributed by atoms with van der Waals surface area (Å²) in [5, 5.41) is 1.19. The lowest BCUT2D eigenvalue weighted by Crippen LogP contribution is -2.51. The zero-order valence-corrected chi connectivity index (χ0v) is 22.0. The Balaban J connectivity index is 1.59. The molecule has 11 heteroatoms. The number of likely N-dealkylation sites (tertiary alicyclic amines) is 1. The third-order valence-electron chi connectivity index (χ3n) is 6.51. The number of rotatable bonds is 8. The van der Waals surface area contributed by atoms with Crippen molar-refractivity contribution in [3.63, 3.8) is 0 Å². The summed E-state index contributed by atoms with van der Waals surface area (Å²) in [6, 6.07) is 11.0. The number of methoxy groups -OCH3 is 1. The molecule has 4 rings (SSSR count). The third-order valence-corrected chi connectivity index (χ3v) is 8.69. The number of nitrogens with zero attached hydrogens (tertiary/aromatic N) is 1. The molecule has 0 spiro atoms. The van der Waals surface area contributed by atoms with Gasteiger partial charge in [-0.1, -0.05) is 47.5 Å². The Bertz CT molecular complexity index is 1370. The second-order valence-corrected chi connectivity index (χ2v) is 11.2. The fourth-order valence-corrected chi connectivity index (χ4v) is 6.55. The molecule has 2 N–H and O–H groups in total. The molecule has 2 aromatic carbocycles. The van der Waals surface area contributed by atoms with Crippen LogP contribution in [0.4, 0.5) is 0 Å². The summed E-state index contributed by atoms with van der Waals surface area (Å²) in [6.45, 7) is 0.671. The number of aromatic nitrogens is 1. The second kappa shape index (κ2) is 11.2. The van der Waals surface area contributed by atoms with E-state index in [-0.39, 0.29) is 34.1 Å². The van der Waals surface area contributed by atoms with Gasteiger partial charge >= 0.3 is 5.97 Å². The number of carbonyl (C=O) groups is 2. The van der Waals surface area contributed by atoms with Gasteiger partial charge in [-0.15, -0.1) is 0 Å². The summed E-state index contributed by atoms with van der Waals surface area (Å²) in [7, 11) is -2.77. The average molecular weight is 552 g/mol. The minimum Gasteiger partial charge on any atom is -0.469 e. The van der Waals surface area contributed by atoms with Gasteiger partial charge in [-0.05, 0) is 49.4 Å². The number of benzene rings is 2. The SMILES string of the molecule is COC(=O)C1CCN(C(=O)C(CCc2ccccc2Cl)NS(=O)(=O)c2cccc3[nH]cc(Cl)c23)CC1. The van der Waals surface area contributed by atoms with E-state index in [0.29, 0.717) is 48.3 Å². The number of ether oxygens (including phenoxy) is 1. The number of nitrogens with one attached hydrogen (secondary N) is 2. The van der Waals surface area contributed by atoms with Gasteiger partial charge in [0.1, 0.15) is 6.04 Å². The lowest BCUT2D eigenvalue weighted by Gasteiger charge is -2.33. The molecule has 0 bridgehead atoms. The molecule has 1 aliphatic heterocycles. The van der Waals surface area contributed by atoms with Gasteiger partial charge in [-0.3, -0.25) is 9.59 Å². The molecule has 36 heavy (non-hydrogen) atoms. The first-order chi connectivity index (χ1) is 17.2. The fourth-order valence-electron chi connectivity index (χ4n) is 4.54.